The molecule has 2 bridgehead atoms. The number of anilines is 1. The number of amides is 2. The molecule has 0 radical (unpaired) electrons. The van der Waals surface area contributed by atoms with Gasteiger partial charge in [0.1, 0.15) is 17.7 Å². The molecule has 3 heterocycles. The van der Waals surface area contributed by atoms with Gasteiger partial charge in [-0.15, -0.1) is 0 Å². The fourth-order valence-electron chi connectivity index (χ4n) is 9.21. The zero-order valence-electron chi connectivity index (χ0n) is 31.6. The Bertz CT molecular complexity index is 1690. The van der Waals surface area contributed by atoms with Crippen LogP contribution < -0.4 is 9.64 Å². The van der Waals surface area contributed by atoms with Crippen molar-refractivity contribution in [2.45, 2.75) is 116 Å². The molecule has 5 fully saturated rings. The molecule has 1 aliphatic heterocycles. The number of rotatable bonds is 10. The van der Waals surface area contributed by atoms with Gasteiger partial charge in [-0.2, -0.15) is 5.10 Å². The van der Waals surface area contributed by atoms with Crippen molar-refractivity contribution in [2.75, 3.05) is 31.6 Å². The summed E-state index contributed by atoms with van der Waals surface area (Å²) in [5.41, 5.74) is 4.94. The van der Waals surface area contributed by atoms with E-state index in [4.69, 9.17) is 14.5 Å². The first-order chi connectivity index (χ1) is 24.5. The van der Waals surface area contributed by atoms with Gasteiger partial charge in [-0.25, -0.2) is 9.78 Å². The fraction of sp³-hybridized carbons (Fsp3) is 0.619. The van der Waals surface area contributed by atoms with E-state index in [1.807, 2.05) is 32.9 Å². The molecule has 0 unspecified atom stereocenters. The maximum absolute atomic E-state index is 14.7. The van der Waals surface area contributed by atoms with Crippen molar-refractivity contribution in [1.29, 1.82) is 0 Å². The first kappa shape index (κ1) is 35.5. The van der Waals surface area contributed by atoms with Crippen molar-refractivity contribution in [3.63, 3.8) is 0 Å². The zero-order chi connectivity index (χ0) is 35.9. The van der Waals surface area contributed by atoms with E-state index >= 15 is 0 Å². The predicted octanol–water partition coefficient (Wildman–Crippen LogP) is 8.75. The number of aromatic nitrogens is 3. The van der Waals surface area contributed by atoms with Gasteiger partial charge >= 0.3 is 6.09 Å². The van der Waals surface area contributed by atoms with Gasteiger partial charge in [0.2, 0.25) is 5.91 Å². The van der Waals surface area contributed by atoms with Gasteiger partial charge in [0.05, 0.1) is 13.3 Å². The van der Waals surface area contributed by atoms with Gasteiger partial charge in [0.15, 0.2) is 0 Å². The van der Waals surface area contributed by atoms with E-state index in [-0.39, 0.29) is 40.9 Å². The first-order valence-electron chi connectivity index (χ1n) is 19.4. The van der Waals surface area contributed by atoms with Crippen molar-refractivity contribution in [2.24, 2.45) is 23.2 Å². The Morgan fingerprint density at radius 2 is 1.65 bits per heavy atom. The van der Waals surface area contributed by atoms with E-state index in [1.54, 1.807) is 7.11 Å². The highest BCUT2D eigenvalue weighted by Gasteiger charge is 2.51. The largest absolute Gasteiger partial charge is 0.496 e. The lowest BCUT2D eigenvalue weighted by molar-refractivity contribution is -0.124. The molecule has 4 aliphatic carbocycles. The molecule has 1 aromatic carbocycles. The van der Waals surface area contributed by atoms with E-state index in [0.29, 0.717) is 31.2 Å². The molecule has 1 saturated heterocycles. The summed E-state index contributed by atoms with van der Waals surface area (Å²) in [4.78, 5) is 36.2. The number of ether oxygens (including phenoxy) is 2. The number of benzene rings is 1. The standard InChI is InChI=1S/C42H57N5O4/c1-28(2)34-24-45(25-34)40(49)51-36-10-7-31(8-11-36)39(48)46(38-22-32(13-20-43-38)33-23-44-47(26-33)29(3)4)27-41-14-17-42(18-15-41,19-16-41)35-9-12-37(50-6)30(5)21-35/h9,12-13,20-23,26,28-29,31,34,36H,7-8,10-11,14-19,24-25,27H2,1-6H3. The minimum absolute atomic E-state index is 0.0664. The molecule has 0 atom stereocenters. The van der Waals surface area contributed by atoms with E-state index in [9.17, 15) is 9.59 Å². The van der Waals surface area contributed by atoms with Crippen molar-refractivity contribution >= 4 is 17.8 Å². The summed E-state index contributed by atoms with van der Waals surface area (Å²) < 4.78 is 13.5. The molecule has 9 heteroatoms. The van der Waals surface area contributed by atoms with Crippen LogP contribution in [0.4, 0.5) is 10.6 Å². The van der Waals surface area contributed by atoms with E-state index in [1.165, 1.54) is 11.1 Å². The van der Waals surface area contributed by atoms with Crippen molar-refractivity contribution < 1.29 is 19.1 Å². The molecule has 3 aromatic rings. The third-order valence-corrected chi connectivity index (χ3v) is 13.1. The first-order valence-corrected chi connectivity index (χ1v) is 19.4. The lowest BCUT2D eigenvalue weighted by Crippen LogP contribution is -2.53. The minimum atomic E-state index is -0.195. The van der Waals surface area contributed by atoms with Crippen LogP contribution in [-0.4, -0.2) is 64.5 Å². The highest BCUT2D eigenvalue weighted by atomic mass is 16.6. The lowest BCUT2D eigenvalue weighted by atomic mass is 9.51. The number of fused-ring (bicyclic) bond motifs is 3. The maximum Gasteiger partial charge on any atom is 0.410 e. The van der Waals surface area contributed by atoms with Crippen LogP contribution >= 0.6 is 0 Å². The molecule has 4 saturated carbocycles. The summed E-state index contributed by atoms with van der Waals surface area (Å²) in [6, 6.07) is 11.1. The Labute approximate surface area is 304 Å². The van der Waals surface area contributed by atoms with Crippen LogP contribution in [0.25, 0.3) is 11.1 Å². The molecule has 0 N–H and O–H groups in total. The van der Waals surface area contributed by atoms with E-state index in [0.717, 1.165) is 87.2 Å². The second-order valence-electron chi connectivity index (χ2n) is 16.9. The van der Waals surface area contributed by atoms with Crippen molar-refractivity contribution in [1.82, 2.24) is 19.7 Å². The Morgan fingerprint density at radius 1 is 0.941 bits per heavy atom. The second-order valence-corrected chi connectivity index (χ2v) is 16.9. The number of hydrogen-bond donors (Lipinski definition) is 0. The minimum Gasteiger partial charge on any atom is -0.496 e. The number of methoxy groups -OCH3 is 1. The molecular weight excluding hydrogens is 638 g/mol. The fourth-order valence-corrected chi connectivity index (χ4v) is 9.21. The number of pyridine rings is 1. The van der Waals surface area contributed by atoms with Gasteiger partial charge in [-0.1, -0.05) is 26.0 Å². The van der Waals surface area contributed by atoms with Crippen LogP contribution in [0, 0.1) is 30.1 Å². The number of carbonyl (C=O) groups excluding carboxylic acids is 2. The van der Waals surface area contributed by atoms with Crippen LogP contribution in [0.5, 0.6) is 5.75 Å². The van der Waals surface area contributed by atoms with Gasteiger partial charge in [-0.05, 0) is 143 Å². The molecule has 0 spiro atoms. The lowest BCUT2D eigenvalue weighted by Gasteiger charge is -2.55. The van der Waals surface area contributed by atoms with Crippen LogP contribution in [0.2, 0.25) is 0 Å². The third-order valence-electron chi connectivity index (χ3n) is 13.1. The molecular formula is C42H57N5O4. The normalized spacial score (nSPS) is 26.3. The van der Waals surface area contributed by atoms with E-state index < -0.39 is 0 Å². The summed E-state index contributed by atoms with van der Waals surface area (Å²) in [6.07, 6.45) is 15.0. The summed E-state index contributed by atoms with van der Waals surface area (Å²) in [6.45, 7) is 13.1. The Morgan fingerprint density at radius 3 is 2.25 bits per heavy atom. The average Bonchev–Trinajstić information content (AvgIpc) is 3.62. The maximum atomic E-state index is 14.7. The smallest absolute Gasteiger partial charge is 0.410 e. The van der Waals surface area contributed by atoms with Crippen LogP contribution in [0.15, 0.2) is 48.9 Å². The zero-order valence-corrected chi connectivity index (χ0v) is 31.6. The SMILES string of the molecule is COc1ccc(C23CCC(CN(C(=O)C4CCC(OC(=O)N5CC(C(C)C)C5)CC4)c4cc(-c5cnn(C(C)C)c5)ccn4)(CC2)CC3)cc1C. The highest BCUT2D eigenvalue weighted by Crippen LogP contribution is 2.58. The van der Waals surface area contributed by atoms with Crippen LogP contribution in [-0.2, 0) is 14.9 Å². The Kier molecular flexibility index (Phi) is 9.94. The van der Waals surface area contributed by atoms with Gasteiger partial charge in [0.25, 0.3) is 0 Å². The van der Waals surface area contributed by atoms with Crippen LogP contribution in [0.3, 0.4) is 0 Å². The molecule has 8 rings (SSSR count). The topological polar surface area (TPSA) is 89.8 Å². The summed E-state index contributed by atoms with van der Waals surface area (Å²) in [7, 11) is 1.74. The molecule has 274 valence electrons. The third kappa shape index (κ3) is 7.14. The number of aryl methyl sites for hydroxylation is 1. The van der Waals surface area contributed by atoms with E-state index in [2.05, 4.69) is 70.2 Å². The molecule has 9 nitrogen and oxygen atoms in total. The summed E-state index contributed by atoms with van der Waals surface area (Å²) in [5.74, 6) is 2.85. The summed E-state index contributed by atoms with van der Waals surface area (Å²) in [5, 5.41) is 4.57. The van der Waals surface area contributed by atoms with Crippen molar-refractivity contribution in [3.8, 4) is 16.9 Å². The second kappa shape index (κ2) is 14.3. The molecule has 2 amide bonds. The number of likely N-dealkylation sites (tertiary alicyclic amines) is 1. The molecule has 51 heavy (non-hydrogen) atoms. The van der Waals surface area contributed by atoms with Gasteiger partial charge in [-0.3, -0.25) is 14.4 Å². The molecule has 2 aromatic heterocycles. The van der Waals surface area contributed by atoms with Crippen molar-refractivity contribution in [3.05, 3.63) is 60.0 Å². The number of nitrogens with zero attached hydrogens (tertiary/aromatic N) is 5. The summed E-state index contributed by atoms with van der Waals surface area (Å²) >= 11 is 0. The number of carbonyl (C=O) groups is 2. The quantitative estimate of drug-likeness (QED) is 0.211. The average molecular weight is 696 g/mol. The monoisotopic (exact) mass is 695 g/mol. The Balaban J connectivity index is 1.07. The molecule has 5 aliphatic rings. The Hall–Kier alpha value is -3.88. The van der Waals surface area contributed by atoms with Gasteiger partial charge in [0, 0.05) is 49.6 Å². The predicted molar refractivity (Wildman–Crippen MR) is 200 cm³/mol. The number of hydrogen-bond acceptors (Lipinski definition) is 6. The highest BCUT2D eigenvalue weighted by molar-refractivity contribution is 5.95. The van der Waals surface area contributed by atoms with Crippen LogP contribution in [0.1, 0.15) is 109 Å². The van der Waals surface area contributed by atoms with Gasteiger partial charge < -0.3 is 14.4 Å².